The Morgan fingerprint density at radius 3 is 1.08 bits per heavy atom. The number of halogens is 12. The molecule has 4 aliphatic heterocycles. The summed E-state index contributed by atoms with van der Waals surface area (Å²) in [5.74, 6) is -0.0867. The summed E-state index contributed by atoms with van der Waals surface area (Å²) in [7, 11) is 0. The number of hydrogen-bond donors (Lipinski definition) is 12. The first-order chi connectivity index (χ1) is 48.5. The van der Waals surface area contributed by atoms with Crippen LogP contribution in [0.25, 0.3) is 10.6 Å². The first-order valence-electron chi connectivity index (χ1n) is 33.6. The molecule has 0 aromatic heterocycles. The van der Waals surface area contributed by atoms with Crippen molar-refractivity contribution in [2.45, 2.75) is 163 Å². The second-order valence-corrected chi connectivity index (χ2v) is 28.1. The van der Waals surface area contributed by atoms with E-state index in [4.69, 9.17) is 10.6 Å². The van der Waals surface area contributed by atoms with E-state index in [1.807, 2.05) is 84.9 Å². The van der Waals surface area contributed by atoms with E-state index in [0.717, 1.165) is 102 Å². The number of alkyl halides is 12. The SMILES string of the molecule is [CH2-]CC1CC2NC3[CH-]C(NC4[N-]C(NC5[N-]C(NC1c1ccc(CNc6ccc(C(C)(C)O)cc6)cc12)c1cc(CNc2ccc(C(O)(C(F)(F)F)C(F)(F)F)cc2)ccc15)c1cc(CNc2ccc(C(O)(C(F)(F)F)C(F)(F)F)cc2)ccc14)c1cc(CNc2ccc(C(C)(C)O)cc2)ccc13.[Zn]. The average Bonchev–Trinajstić information content (AvgIpc) is 1.21. The van der Waals surface area contributed by atoms with Crippen molar-refractivity contribution in [3.05, 3.63) is 283 Å². The molecule has 8 aromatic carbocycles. The molecule has 9 unspecified atom stereocenters. The first kappa shape index (κ1) is 76.0. The summed E-state index contributed by atoms with van der Waals surface area (Å²) in [6.07, 6.45) is -23.9. The number of nitrogens with zero attached hydrogens (tertiary/aromatic N) is 2. The van der Waals surface area contributed by atoms with Gasteiger partial charge < -0.3 is 80.5 Å². The largest absolute Gasteiger partial charge is 0.624 e. The molecule has 14 nitrogen and oxygen atoms in total. The van der Waals surface area contributed by atoms with Crippen LogP contribution >= 0.6 is 0 Å². The number of nitrogens with one attached hydrogen (secondary N) is 8. The molecular weight excluding hydrogens is 1420 g/mol. The molecule has 8 aromatic rings. The third-order valence-electron chi connectivity index (χ3n) is 20.3. The Morgan fingerprint density at radius 2 is 0.702 bits per heavy atom. The molecule has 0 amide bonds. The second kappa shape index (κ2) is 28.6. The number of aliphatic hydroxyl groups is 4. The van der Waals surface area contributed by atoms with Crippen LogP contribution in [-0.4, -0.2) is 45.1 Å². The van der Waals surface area contributed by atoms with Crippen LogP contribution in [0, 0.1) is 19.3 Å². The smallest absolute Gasteiger partial charge is 0.430 e. The maximum absolute atomic E-state index is 13.9. The fraction of sp³-hybridized carbons (Fsp3) is 0.351. The van der Waals surface area contributed by atoms with Gasteiger partial charge in [0, 0.05) is 91.6 Å². The number of fused-ring (bicyclic) bond motifs is 4. The molecule has 0 spiro atoms. The van der Waals surface area contributed by atoms with E-state index in [-0.39, 0.29) is 68.0 Å². The van der Waals surface area contributed by atoms with Crippen LogP contribution in [0.5, 0.6) is 0 Å². The molecule has 548 valence electrons. The predicted molar refractivity (Wildman–Crippen MR) is 367 cm³/mol. The Balaban J connectivity index is 0.0000102. The molecule has 0 radical (unpaired) electrons. The van der Waals surface area contributed by atoms with Gasteiger partial charge in [-0.3, -0.25) is 6.42 Å². The van der Waals surface area contributed by atoms with Crippen LogP contribution in [0.2, 0.25) is 0 Å². The molecule has 14 rings (SSSR count). The summed E-state index contributed by atoms with van der Waals surface area (Å²) in [6.45, 7) is 12.4. The number of anilines is 4. The number of benzene rings is 8. The van der Waals surface area contributed by atoms with Crippen molar-refractivity contribution in [2.75, 3.05) is 21.3 Å². The summed E-state index contributed by atoms with van der Waals surface area (Å²) in [5, 5.41) is 81.4. The third kappa shape index (κ3) is 15.0. The standard InChI is InChI=1S/C77H76F12N10O4.Zn/c1-6-45-35-62-59-32-42(38-91-51-21-13-47(14-22-51)71(4,5)101)8-28-55(59)65(45)96-68-60-33-43(39-92-52-23-15-48(16-24-52)72(102,74(78,79)80)75(81,82)83)10-30-57(60)67(98-68)99-69-61-34-44(40-93-53-25-17-49(18-26-53)73(103,76(84,85)86)77(87,88)89)9-29-56(61)66(97-69)95-64-36-63(94-62)54-27-7-41(31-58(54)64)37-90-50-19-11-46(12-20-50)70(2,3)100;/h7-34,36,45,62-69,90-96,99-103H,1,6,35,37-40H2,2-5H3;/q-4;. The van der Waals surface area contributed by atoms with E-state index in [1.54, 1.807) is 27.7 Å². The number of rotatable bonds is 17. The van der Waals surface area contributed by atoms with Crippen molar-refractivity contribution in [1.82, 2.24) is 21.3 Å². The van der Waals surface area contributed by atoms with Crippen molar-refractivity contribution in [1.29, 1.82) is 0 Å². The van der Waals surface area contributed by atoms with Crippen LogP contribution in [0.3, 0.4) is 0 Å². The summed E-state index contributed by atoms with van der Waals surface area (Å²) < 4.78 is 166. The fourth-order valence-corrected chi connectivity index (χ4v) is 14.5. The van der Waals surface area contributed by atoms with Gasteiger partial charge in [0.2, 0.25) is 0 Å². The van der Waals surface area contributed by atoms with Crippen molar-refractivity contribution < 1.29 is 92.6 Å². The van der Waals surface area contributed by atoms with Crippen LogP contribution in [-0.2, 0) is 68.1 Å². The van der Waals surface area contributed by atoms with Gasteiger partial charge in [-0.15, -0.1) is 0 Å². The zero-order valence-corrected chi connectivity index (χ0v) is 59.8. The van der Waals surface area contributed by atoms with Crippen molar-refractivity contribution in [3.8, 4) is 0 Å². The Morgan fingerprint density at radius 1 is 0.385 bits per heavy atom. The fourth-order valence-electron chi connectivity index (χ4n) is 14.5. The monoisotopic (exact) mass is 1500 g/mol. The van der Waals surface area contributed by atoms with Gasteiger partial charge >= 0.3 is 24.7 Å². The minimum atomic E-state index is -6.07. The van der Waals surface area contributed by atoms with E-state index in [1.165, 1.54) is 0 Å². The van der Waals surface area contributed by atoms with Gasteiger partial charge in [0.15, 0.2) is 0 Å². The molecule has 27 heteroatoms. The van der Waals surface area contributed by atoms with Crippen molar-refractivity contribution in [2.24, 2.45) is 5.92 Å². The van der Waals surface area contributed by atoms with Gasteiger partial charge in [0.1, 0.15) is 0 Å². The summed E-state index contributed by atoms with van der Waals surface area (Å²) in [5.41, 5.74) is -1.16. The summed E-state index contributed by atoms with van der Waals surface area (Å²) in [6, 6.07) is 44.4. The van der Waals surface area contributed by atoms with E-state index in [0.29, 0.717) is 61.3 Å². The van der Waals surface area contributed by atoms with E-state index < -0.39 is 88.9 Å². The molecule has 1 saturated heterocycles. The van der Waals surface area contributed by atoms with Gasteiger partial charge in [-0.1, -0.05) is 169 Å². The topological polar surface area (TPSA) is 205 Å². The maximum Gasteiger partial charge on any atom is 0.430 e. The zero-order valence-electron chi connectivity index (χ0n) is 56.8. The van der Waals surface area contributed by atoms with E-state index in [9.17, 15) is 73.1 Å². The molecule has 4 heterocycles. The van der Waals surface area contributed by atoms with E-state index in [2.05, 4.69) is 92.3 Å². The van der Waals surface area contributed by atoms with Crippen LogP contribution < -0.4 is 42.5 Å². The molecule has 9 atom stereocenters. The molecule has 2 aliphatic carbocycles. The zero-order chi connectivity index (χ0) is 73.6. The van der Waals surface area contributed by atoms with Gasteiger partial charge in [-0.05, 0) is 155 Å². The van der Waals surface area contributed by atoms with Crippen LogP contribution in [0.4, 0.5) is 75.4 Å². The minimum absolute atomic E-state index is 0. The molecule has 1 fully saturated rings. The second-order valence-electron chi connectivity index (χ2n) is 28.1. The minimum Gasteiger partial charge on any atom is -0.624 e. The van der Waals surface area contributed by atoms with Crippen LogP contribution in [0.1, 0.15) is 178 Å². The summed E-state index contributed by atoms with van der Waals surface area (Å²) in [4.78, 5) is 0. The van der Waals surface area contributed by atoms with Gasteiger partial charge in [-0.25, -0.2) is 0 Å². The Kier molecular flexibility index (Phi) is 20.9. The average molecular weight is 1500 g/mol. The van der Waals surface area contributed by atoms with Gasteiger partial charge in [0.05, 0.1) is 11.2 Å². The normalized spacial score (nSPS) is 22.0. The third-order valence-corrected chi connectivity index (χ3v) is 20.3. The number of hydrogen-bond acceptors (Lipinski definition) is 12. The van der Waals surface area contributed by atoms with E-state index >= 15 is 0 Å². The first-order valence-corrected chi connectivity index (χ1v) is 33.6. The van der Waals surface area contributed by atoms with Crippen molar-refractivity contribution in [3.63, 3.8) is 0 Å². The Bertz CT molecular complexity index is 4350. The van der Waals surface area contributed by atoms with Gasteiger partial charge in [-0.2, -0.15) is 59.1 Å². The maximum atomic E-state index is 13.9. The Labute approximate surface area is 606 Å². The molecule has 12 N–H and O–H groups in total. The molecular formula is C77H76F12N10O4Zn-4. The molecule has 8 bridgehead atoms. The van der Waals surface area contributed by atoms with Gasteiger partial charge in [0.25, 0.3) is 11.2 Å². The van der Waals surface area contributed by atoms with Crippen molar-refractivity contribution >= 4 is 22.7 Å². The predicted octanol–water partition coefficient (Wildman–Crippen LogP) is 17.1. The summed E-state index contributed by atoms with van der Waals surface area (Å²) >= 11 is 0. The molecule has 6 aliphatic rings. The quantitative estimate of drug-likeness (QED) is 0.0234. The van der Waals surface area contributed by atoms with Crippen LogP contribution in [0.15, 0.2) is 170 Å². The Hall–Kier alpha value is -7.66. The molecule has 0 saturated carbocycles. The molecule has 104 heavy (non-hydrogen) atoms.